The van der Waals surface area contributed by atoms with Gasteiger partial charge >= 0.3 is 5.97 Å². The molecule has 0 saturated heterocycles. The summed E-state index contributed by atoms with van der Waals surface area (Å²) >= 11 is 0. The number of hydrogen-bond donors (Lipinski definition) is 1. The minimum atomic E-state index is -0.897. The molecule has 1 heterocycles. The van der Waals surface area contributed by atoms with Gasteiger partial charge in [0.2, 0.25) is 0 Å². The van der Waals surface area contributed by atoms with Crippen molar-refractivity contribution >= 4 is 17.5 Å². The SMILES string of the molecule is C=CCc1cc(C2C3=C(CCCC3=O)N(CCC(=O)O)C3=C2C(=O)CCC3)cc(OCC)c1OC. The number of Topliss-reactive ketones (excluding diaryl/α,β-unsaturated/α-hetero) is 2. The summed E-state index contributed by atoms with van der Waals surface area (Å²) in [6.07, 6.45) is 5.96. The normalized spacial score (nSPS) is 18.4. The molecule has 0 unspecified atom stereocenters. The Balaban J connectivity index is 1.96. The Morgan fingerprint density at radius 2 is 1.74 bits per heavy atom. The number of nitrogens with zero attached hydrogens (tertiary/aromatic N) is 1. The lowest BCUT2D eigenvalue weighted by molar-refractivity contribution is -0.137. The third-order valence-corrected chi connectivity index (χ3v) is 6.99. The number of ether oxygens (including phenoxy) is 2. The van der Waals surface area contributed by atoms with Crippen LogP contribution in [0.25, 0.3) is 0 Å². The van der Waals surface area contributed by atoms with E-state index in [4.69, 9.17) is 9.47 Å². The highest BCUT2D eigenvalue weighted by Crippen LogP contribution is 2.50. The first-order valence-corrected chi connectivity index (χ1v) is 12.4. The molecule has 186 valence electrons. The highest BCUT2D eigenvalue weighted by Gasteiger charge is 2.43. The molecule has 1 aromatic carbocycles. The second-order valence-corrected chi connectivity index (χ2v) is 9.14. The van der Waals surface area contributed by atoms with E-state index in [1.807, 2.05) is 24.0 Å². The molecule has 0 radical (unpaired) electrons. The van der Waals surface area contributed by atoms with Crippen molar-refractivity contribution in [3.05, 3.63) is 58.5 Å². The van der Waals surface area contributed by atoms with E-state index in [0.717, 1.165) is 35.4 Å². The minimum Gasteiger partial charge on any atom is -0.493 e. The van der Waals surface area contributed by atoms with Gasteiger partial charge in [0.25, 0.3) is 0 Å². The van der Waals surface area contributed by atoms with E-state index in [9.17, 15) is 19.5 Å². The van der Waals surface area contributed by atoms with Crippen molar-refractivity contribution in [3.8, 4) is 11.5 Å². The van der Waals surface area contributed by atoms with E-state index < -0.39 is 11.9 Å². The van der Waals surface area contributed by atoms with E-state index in [0.29, 0.717) is 61.4 Å². The van der Waals surface area contributed by atoms with Gasteiger partial charge in [0, 0.05) is 53.4 Å². The fourth-order valence-electron chi connectivity index (χ4n) is 5.68. The maximum Gasteiger partial charge on any atom is 0.305 e. The van der Waals surface area contributed by atoms with Crippen LogP contribution in [0.3, 0.4) is 0 Å². The first kappa shape index (κ1) is 24.8. The fourth-order valence-corrected chi connectivity index (χ4v) is 5.68. The van der Waals surface area contributed by atoms with Gasteiger partial charge in [0.1, 0.15) is 0 Å². The van der Waals surface area contributed by atoms with E-state index in [1.54, 1.807) is 13.2 Å². The lowest BCUT2D eigenvalue weighted by Gasteiger charge is -2.44. The van der Waals surface area contributed by atoms with Gasteiger partial charge in [-0.2, -0.15) is 0 Å². The molecule has 0 saturated carbocycles. The van der Waals surface area contributed by atoms with Crippen molar-refractivity contribution in [2.24, 2.45) is 0 Å². The number of carboxylic acid groups (broad SMARTS) is 1. The van der Waals surface area contributed by atoms with Crippen molar-refractivity contribution in [2.75, 3.05) is 20.3 Å². The van der Waals surface area contributed by atoms with Crippen LogP contribution in [0.4, 0.5) is 0 Å². The summed E-state index contributed by atoms with van der Waals surface area (Å²) in [7, 11) is 1.60. The molecule has 2 aliphatic carbocycles. The van der Waals surface area contributed by atoms with Crippen LogP contribution in [0.15, 0.2) is 47.3 Å². The molecule has 7 heteroatoms. The second-order valence-electron chi connectivity index (χ2n) is 9.14. The van der Waals surface area contributed by atoms with Gasteiger partial charge in [0.15, 0.2) is 23.1 Å². The van der Waals surface area contributed by atoms with Crippen LogP contribution in [0.5, 0.6) is 11.5 Å². The predicted molar refractivity (Wildman–Crippen MR) is 132 cm³/mol. The number of carboxylic acids is 1. The van der Waals surface area contributed by atoms with E-state index in [1.165, 1.54) is 0 Å². The molecule has 0 amide bonds. The van der Waals surface area contributed by atoms with Crippen LogP contribution < -0.4 is 9.47 Å². The first-order valence-electron chi connectivity index (χ1n) is 12.4. The van der Waals surface area contributed by atoms with E-state index in [-0.39, 0.29) is 24.5 Å². The van der Waals surface area contributed by atoms with Crippen LogP contribution in [-0.4, -0.2) is 47.8 Å². The number of methoxy groups -OCH3 is 1. The Hall–Kier alpha value is -3.35. The molecular weight excluding hydrogens is 446 g/mol. The Kier molecular flexibility index (Phi) is 7.43. The lowest BCUT2D eigenvalue weighted by Crippen LogP contribution is -2.40. The molecule has 0 bridgehead atoms. The topological polar surface area (TPSA) is 93.1 Å². The zero-order chi connectivity index (χ0) is 25.1. The van der Waals surface area contributed by atoms with Gasteiger partial charge in [-0.15, -0.1) is 6.58 Å². The number of aliphatic carboxylic acids is 1. The third kappa shape index (κ3) is 4.64. The summed E-state index contributed by atoms with van der Waals surface area (Å²) in [6, 6.07) is 3.89. The largest absolute Gasteiger partial charge is 0.493 e. The number of ketones is 2. The van der Waals surface area contributed by atoms with Crippen LogP contribution in [0.1, 0.15) is 68.9 Å². The molecule has 1 aliphatic heterocycles. The number of hydrogen-bond acceptors (Lipinski definition) is 6. The fraction of sp³-hybridized carbons (Fsp3) is 0.464. The molecule has 3 aliphatic rings. The van der Waals surface area contributed by atoms with E-state index >= 15 is 0 Å². The standard InChI is InChI=1S/C28H33NO6/c1-4-8-17-15-18(16-23(35-5-2)28(17)34-3)25-26-19(9-6-11-21(26)30)29(14-13-24(32)33)20-10-7-12-22(31)27(20)25/h4,15-16,25H,1,5-14H2,2-3H3,(H,32,33). The van der Waals surface area contributed by atoms with Gasteiger partial charge in [0.05, 0.1) is 20.1 Å². The summed E-state index contributed by atoms with van der Waals surface area (Å²) in [5.74, 6) is -0.126. The van der Waals surface area contributed by atoms with Crippen LogP contribution in [-0.2, 0) is 20.8 Å². The molecule has 1 N–H and O–H groups in total. The van der Waals surface area contributed by atoms with Gasteiger partial charge in [-0.25, -0.2) is 0 Å². The summed E-state index contributed by atoms with van der Waals surface area (Å²) in [5, 5.41) is 9.36. The summed E-state index contributed by atoms with van der Waals surface area (Å²) in [5.41, 5.74) is 4.72. The minimum absolute atomic E-state index is 0.0283. The van der Waals surface area contributed by atoms with Gasteiger partial charge in [-0.3, -0.25) is 14.4 Å². The van der Waals surface area contributed by atoms with Crippen LogP contribution >= 0.6 is 0 Å². The smallest absolute Gasteiger partial charge is 0.305 e. The Morgan fingerprint density at radius 1 is 1.11 bits per heavy atom. The van der Waals surface area contributed by atoms with Crippen molar-refractivity contribution in [2.45, 2.75) is 64.2 Å². The number of rotatable bonds is 9. The molecule has 0 aromatic heterocycles. The Labute approximate surface area is 206 Å². The van der Waals surface area contributed by atoms with Crippen LogP contribution in [0.2, 0.25) is 0 Å². The maximum atomic E-state index is 13.4. The number of carbonyl (C=O) groups excluding carboxylic acids is 2. The molecule has 35 heavy (non-hydrogen) atoms. The summed E-state index contributed by atoms with van der Waals surface area (Å²) in [6.45, 7) is 6.47. The molecule has 7 nitrogen and oxygen atoms in total. The quantitative estimate of drug-likeness (QED) is 0.513. The monoisotopic (exact) mass is 479 g/mol. The zero-order valence-corrected chi connectivity index (χ0v) is 20.5. The highest BCUT2D eigenvalue weighted by molar-refractivity contribution is 6.06. The molecule has 1 aromatic rings. The van der Waals surface area contributed by atoms with Gasteiger partial charge in [-0.1, -0.05) is 12.1 Å². The third-order valence-electron chi connectivity index (χ3n) is 6.99. The number of carbonyl (C=O) groups is 3. The second kappa shape index (κ2) is 10.5. The average molecular weight is 480 g/mol. The van der Waals surface area contributed by atoms with Crippen LogP contribution in [0, 0.1) is 0 Å². The lowest BCUT2D eigenvalue weighted by atomic mass is 9.70. The van der Waals surface area contributed by atoms with Gasteiger partial charge < -0.3 is 19.5 Å². The van der Waals surface area contributed by atoms with Crippen molar-refractivity contribution in [1.29, 1.82) is 0 Å². The van der Waals surface area contributed by atoms with Crippen molar-refractivity contribution in [3.63, 3.8) is 0 Å². The Bertz CT molecular complexity index is 1080. The number of allylic oxidation sites excluding steroid dienone is 5. The molecule has 0 fully saturated rings. The maximum absolute atomic E-state index is 13.4. The number of benzene rings is 1. The van der Waals surface area contributed by atoms with Gasteiger partial charge in [-0.05, 0) is 50.7 Å². The molecule has 0 spiro atoms. The Morgan fingerprint density at radius 3 is 2.26 bits per heavy atom. The molecular formula is C28H33NO6. The van der Waals surface area contributed by atoms with Crippen molar-refractivity contribution < 1.29 is 29.0 Å². The van der Waals surface area contributed by atoms with Crippen molar-refractivity contribution in [1.82, 2.24) is 4.90 Å². The molecule has 4 rings (SSSR count). The molecule has 0 atom stereocenters. The summed E-state index contributed by atoms with van der Waals surface area (Å²) in [4.78, 5) is 40.2. The summed E-state index contributed by atoms with van der Waals surface area (Å²) < 4.78 is 11.6. The predicted octanol–water partition coefficient (Wildman–Crippen LogP) is 4.71. The first-order chi connectivity index (χ1) is 16.9. The average Bonchev–Trinajstić information content (AvgIpc) is 2.82. The van der Waals surface area contributed by atoms with E-state index in [2.05, 4.69) is 6.58 Å². The highest BCUT2D eigenvalue weighted by atomic mass is 16.5. The zero-order valence-electron chi connectivity index (χ0n) is 20.5.